The van der Waals surface area contributed by atoms with Gasteiger partial charge in [0.05, 0.1) is 4.75 Å². The second-order valence-corrected chi connectivity index (χ2v) is 8.75. The van der Waals surface area contributed by atoms with Crippen molar-refractivity contribution in [3.8, 4) is 0 Å². The van der Waals surface area contributed by atoms with Crippen molar-refractivity contribution < 1.29 is 8.42 Å². The molecule has 0 bridgehead atoms. The molecule has 6 heteroatoms. The minimum Gasteiger partial charge on any atom is -0.361 e. The first kappa shape index (κ1) is 15.7. The van der Waals surface area contributed by atoms with Crippen molar-refractivity contribution in [2.75, 3.05) is 12.8 Å². The number of hydrogen-bond acceptors (Lipinski definition) is 3. The van der Waals surface area contributed by atoms with Gasteiger partial charge in [0.15, 0.2) is 14.9 Å². The second kappa shape index (κ2) is 6.19. The largest absolute Gasteiger partial charge is 0.361 e. The van der Waals surface area contributed by atoms with Gasteiger partial charge in [-0.15, -0.1) is 0 Å². The van der Waals surface area contributed by atoms with Crippen molar-refractivity contribution in [1.29, 1.82) is 0 Å². The van der Waals surface area contributed by atoms with Gasteiger partial charge in [0.2, 0.25) is 0 Å². The zero-order chi connectivity index (χ0) is 13.8. The maximum atomic E-state index is 11.6. The average molecular weight is 292 g/mol. The highest BCUT2D eigenvalue weighted by atomic mass is 32.2. The molecule has 2 N–H and O–H groups in total. The Kier molecular flexibility index (Phi) is 5.40. The van der Waals surface area contributed by atoms with Crippen LogP contribution in [0.15, 0.2) is 0 Å². The molecule has 106 valence electrons. The second-order valence-electron chi connectivity index (χ2n) is 5.69. The van der Waals surface area contributed by atoms with Crippen LogP contribution in [0.3, 0.4) is 0 Å². The van der Waals surface area contributed by atoms with Gasteiger partial charge in [-0.2, -0.15) is 0 Å². The fraction of sp³-hybridized carbons (Fsp3) is 0.917. The quantitative estimate of drug-likeness (QED) is 0.771. The fourth-order valence-electron chi connectivity index (χ4n) is 1.91. The van der Waals surface area contributed by atoms with E-state index < -0.39 is 14.6 Å². The van der Waals surface area contributed by atoms with Gasteiger partial charge in [-0.25, -0.2) is 8.42 Å². The summed E-state index contributed by atoms with van der Waals surface area (Å²) < 4.78 is 22.3. The molecule has 1 fully saturated rings. The van der Waals surface area contributed by atoms with Gasteiger partial charge >= 0.3 is 0 Å². The molecule has 0 spiro atoms. The van der Waals surface area contributed by atoms with Crippen molar-refractivity contribution >= 4 is 27.2 Å². The number of sulfone groups is 1. The molecule has 1 aliphatic rings. The third-order valence-electron chi connectivity index (χ3n) is 3.62. The first-order valence-electron chi connectivity index (χ1n) is 6.46. The van der Waals surface area contributed by atoms with E-state index in [4.69, 9.17) is 12.2 Å². The van der Waals surface area contributed by atoms with E-state index in [2.05, 4.69) is 10.6 Å². The van der Waals surface area contributed by atoms with Gasteiger partial charge in [0.25, 0.3) is 0 Å². The molecule has 0 atom stereocenters. The van der Waals surface area contributed by atoms with Crippen LogP contribution in [0.5, 0.6) is 0 Å². The number of thiocarbonyl (C=S) groups is 1. The summed E-state index contributed by atoms with van der Waals surface area (Å²) in [5, 5.41) is 6.85. The molecule has 0 amide bonds. The molecule has 0 unspecified atom stereocenters. The molecular weight excluding hydrogens is 268 g/mol. The van der Waals surface area contributed by atoms with Crippen molar-refractivity contribution in [2.24, 2.45) is 0 Å². The molecule has 0 aromatic carbocycles. The minimum atomic E-state index is -3.08. The minimum absolute atomic E-state index is 0.338. The van der Waals surface area contributed by atoms with Gasteiger partial charge in [-0.05, 0) is 38.9 Å². The predicted octanol–water partition coefficient (Wildman–Crippen LogP) is 1.61. The van der Waals surface area contributed by atoms with Crippen LogP contribution in [0, 0.1) is 0 Å². The monoisotopic (exact) mass is 292 g/mol. The van der Waals surface area contributed by atoms with Gasteiger partial charge in [-0.1, -0.05) is 19.3 Å². The summed E-state index contributed by atoms with van der Waals surface area (Å²) in [7, 11) is -3.08. The first-order valence-corrected chi connectivity index (χ1v) is 8.76. The zero-order valence-electron chi connectivity index (χ0n) is 11.5. The summed E-state index contributed by atoms with van der Waals surface area (Å²) in [6.45, 7) is 3.75. The highest BCUT2D eigenvalue weighted by Crippen LogP contribution is 2.17. The molecular formula is C12H24N2O2S2. The van der Waals surface area contributed by atoms with E-state index >= 15 is 0 Å². The molecule has 4 nitrogen and oxygen atoms in total. The molecule has 1 aliphatic carbocycles. The highest BCUT2D eigenvalue weighted by molar-refractivity contribution is 7.92. The third-order valence-corrected chi connectivity index (χ3v) is 6.03. The van der Waals surface area contributed by atoms with E-state index in [0.717, 1.165) is 12.8 Å². The van der Waals surface area contributed by atoms with Crippen LogP contribution in [-0.4, -0.2) is 37.1 Å². The van der Waals surface area contributed by atoms with Crippen LogP contribution in [0.4, 0.5) is 0 Å². The van der Waals surface area contributed by atoms with Crippen LogP contribution in [0.2, 0.25) is 0 Å². The molecule has 18 heavy (non-hydrogen) atoms. The van der Waals surface area contributed by atoms with E-state index in [9.17, 15) is 8.42 Å². The standard InChI is InChI=1S/C12H24N2O2S2/c1-12(2,18(3,15)16)9-13-11(17)14-10-7-5-4-6-8-10/h10H,4-9H2,1-3H3,(H2,13,14,17). The lowest BCUT2D eigenvalue weighted by molar-refractivity contribution is 0.411. The van der Waals surface area contributed by atoms with Crippen molar-refractivity contribution in [3.05, 3.63) is 0 Å². The lowest BCUT2D eigenvalue weighted by Crippen LogP contribution is -2.49. The SMILES string of the molecule is CC(C)(CNC(=S)NC1CCCCC1)S(C)(=O)=O. The maximum absolute atomic E-state index is 11.6. The van der Waals surface area contributed by atoms with Gasteiger partial charge < -0.3 is 10.6 Å². The summed E-state index contributed by atoms with van der Waals surface area (Å²) >= 11 is 5.21. The average Bonchev–Trinajstić information content (AvgIpc) is 2.26. The van der Waals surface area contributed by atoms with Crippen molar-refractivity contribution in [2.45, 2.75) is 56.7 Å². The Morgan fingerprint density at radius 1 is 1.28 bits per heavy atom. The Hall–Kier alpha value is -0.360. The summed E-state index contributed by atoms with van der Waals surface area (Å²) in [4.78, 5) is 0. The molecule has 0 aromatic heterocycles. The fourth-order valence-corrected chi connectivity index (χ4v) is 2.48. The summed E-state index contributed by atoms with van der Waals surface area (Å²) in [5.74, 6) is 0. The molecule has 1 rings (SSSR count). The summed E-state index contributed by atoms with van der Waals surface area (Å²) in [6, 6.07) is 0.445. The molecule has 0 heterocycles. The Morgan fingerprint density at radius 2 is 1.83 bits per heavy atom. The smallest absolute Gasteiger partial charge is 0.166 e. The van der Waals surface area contributed by atoms with Crippen molar-refractivity contribution in [1.82, 2.24) is 10.6 Å². The predicted molar refractivity (Wildman–Crippen MR) is 79.5 cm³/mol. The van der Waals surface area contributed by atoms with E-state index in [1.54, 1.807) is 13.8 Å². The third kappa shape index (κ3) is 4.72. The summed E-state index contributed by atoms with van der Waals surface area (Å²) in [6.07, 6.45) is 7.35. The van der Waals surface area contributed by atoms with E-state index in [1.165, 1.54) is 25.5 Å². The number of rotatable bonds is 4. The van der Waals surface area contributed by atoms with E-state index in [-0.39, 0.29) is 0 Å². The van der Waals surface area contributed by atoms with Crippen LogP contribution in [0.1, 0.15) is 46.0 Å². The lowest BCUT2D eigenvalue weighted by Gasteiger charge is -2.27. The topological polar surface area (TPSA) is 58.2 Å². The van der Waals surface area contributed by atoms with Crippen LogP contribution >= 0.6 is 12.2 Å². The number of nitrogens with one attached hydrogen (secondary N) is 2. The zero-order valence-corrected chi connectivity index (χ0v) is 13.1. The molecule has 0 aliphatic heterocycles. The van der Waals surface area contributed by atoms with E-state index in [1.807, 2.05) is 0 Å². The Morgan fingerprint density at radius 3 is 2.33 bits per heavy atom. The van der Waals surface area contributed by atoms with Crippen LogP contribution in [0.25, 0.3) is 0 Å². The Bertz CT molecular complexity index is 385. The van der Waals surface area contributed by atoms with Gasteiger partial charge in [0.1, 0.15) is 0 Å². The normalized spacial score (nSPS) is 18.4. The molecule has 0 aromatic rings. The van der Waals surface area contributed by atoms with Crippen molar-refractivity contribution in [3.63, 3.8) is 0 Å². The number of hydrogen-bond donors (Lipinski definition) is 2. The van der Waals surface area contributed by atoms with Gasteiger partial charge in [0, 0.05) is 18.8 Å². The molecule has 0 saturated heterocycles. The van der Waals surface area contributed by atoms with Crippen LogP contribution in [-0.2, 0) is 9.84 Å². The Balaban J connectivity index is 2.37. The lowest BCUT2D eigenvalue weighted by atomic mass is 9.96. The van der Waals surface area contributed by atoms with Gasteiger partial charge in [-0.3, -0.25) is 0 Å². The first-order chi connectivity index (χ1) is 8.22. The molecule has 1 saturated carbocycles. The maximum Gasteiger partial charge on any atom is 0.166 e. The summed E-state index contributed by atoms with van der Waals surface area (Å²) in [5.41, 5.74) is 0. The van der Waals surface area contributed by atoms with Crippen LogP contribution < -0.4 is 10.6 Å². The highest BCUT2D eigenvalue weighted by Gasteiger charge is 2.30. The van der Waals surface area contributed by atoms with E-state index in [0.29, 0.717) is 17.7 Å². The molecule has 0 radical (unpaired) electrons. The Labute approximate surface area is 116 Å².